The van der Waals surface area contributed by atoms with Gasteiger partial charge >= 0.3 is 0 Å². The second-order valence-corrected chi connectivity index (χ2v) is 6.43. The maximum Gasteiger partial charge on any atom is 0.240 e. The lowest BCUT2D eigenvalue weighted by atomic mass is 10.0. The summed E-state index contributed by atoms with van der Waals surface area (Å²) in [5.74, 6) is 0.868. The molecule has 1 unspecified atom stereocenters. The fourth-order valence-electron chi connectivity index (χ4n) is 2.37. The van der Waals surface area contributed by atoms with Gasteiger partial charge in [-0.1, -0.05) is 13.8 Å². The van der Waals surface area contributed by atoms with Crippen molar-refractivity contribution in [2.45, 2.75) is 59.0 Å². The molecule has 1 saturated heterocycles. The summed E-state index contributed by atoms with van der Waals surface area (Å²) in [5, 5.41) is 3.32. The molecular weight excluding hydrogens is 238 g/mol. The highest BCUT2D eigenvalue weighted by Crippen LogP contribution is 2.13. The molecule has 1 aliphatic heterocycles. The topological polar surface area (TPSA) is 35.6 Å². The van der Waals surface area contributed by atoms with E-state index >= 15 is 0 Å². The van der Waals surface area contributed by atoms with Crippen molar-refractivity contribution in [3.63, 3.8) is 0 Å². The molecule has 1 fully saturated rings. The number of hydrogen-bond acceptors (Lipinski definition) is 3. The molecule has 0 bridgehead atoms. The molecule has 112 valence electrons. The highest BCUT2D eigenvalue weighted by atomic mass is 16.2. The lowest BCUT2D eigenvalue weighted by molar-refractivity contribution is -0.129. The van der Waals surface area contributed by atoms with Gasteiger partial charge in [0.1, 0.15) is 0 Å². The minimum atomic E-state index is 0.0540. The van der Waals surface area contributed by atoms with E-state index in [1.807, 2.05) is 4.90 Å². The van der Waals surface area contributed by atoms with Crippen LogP contribution in [0, 0.1) is 5.92 Å². The molecule has 1 rings (SSSR count). The first-order valence-corrected chi connectivity index (χ1v) is 7.64. The molecule has 0 spiro atoms. The fourth-order valence-corrected chi connectivity index (χ4v) is 2.37. The Balaban J connectivity index is 2.19. The van der Waals surface area contributed by atoms with Gasteiger partial charge in [-0.3, -0.25) is 10.1 Å². The van der Waals surface area contributed by atoms with Crippen molar-refractivity contribution in [2.24, 2.45) is 5.92 Å². The zero-order valence-electron chi connectivity index (χ0n) is 13.3. The first-order chi connectivity index (χ1) is 8.91. The number of unbranched alkanes of at least 4 members (excludes halogenated alkanes) is 1. The number of hydrogen-bond donors (Lipinski definition) is 1. The summed E-state index contributed by atoms with van der Waals surface area (Å²) in [4.78, 5) is 16.5. The van der Waals surface area contributed by atoms with Crippen molar-refractivity contribution >= 4 is 5.91 Å². The molecule has 4 nitrogen and oxygen atoms in total. The van der Waals surface area contributed by atoms with Crippen molar-refractivity contribution in [1.29, 1.82) is 0 Å². The standard InChI is InChI=1S/C15H31N3O/c1-12(2)10-14-15(19)18(11-16-14)9-7-6-8-17(5)13(3)4/h12-14,16H,6-11H2,1-5H3. The second kappa shape index (κ2) is 7.85. The number of carbonyl (C=O) groups is 1. The van der Waals surface area contributed by atoms with E-state index in [-0.39, 0.29) is 6.04 Å². The van der Waals surface area contributed by atoms with Crippen LogP contribution in [0.25, 0.3) is 0 Å². The largest absolute Gasteiger partial charge is 0.329 e. The maximum absolute atomic E-state index is 12.1. The number of nitrogens with one attached hydrogen (secondary N) is 1. The van der Waals surface area contributed by atoms with Crippen LogP contribution >= 0.6 is 0 Å². The normalized spacial score (nSPS) is 20.3. The summed E-state index contributed by atoms with van der Waals surface area (Å²) in [5.41, 5.74) is 0. The van der Waals surface area contributed by atoms with Gasteiger partial charge in [0.05, 0.1) is 12.7 Å². The summed E-state index contributed by atoms with van der Waals surface area (Å²) >= 11 is 0. The minimum Gasteiger partial charge on any atom is -0.329 e. The number of rotatable bonds is 8. The molecule has 19 heavy (non-hydrogen) atoms. The molecule has 0 aromatic rings. The molecule has 4 heteroatoms. The van der Waals surface area contributed by atoms with Gasteiger partial charge in [0.2, 0.25) is 5.91 Å². The predicted molar refractivity (Wildman–Crippen MR) is 80.0 cm³/mol. The van der Waals surface area contributed by atoms with Crippen molar-refractivity contribution in [1.82, 2.24) is 15.1 Å². The maximum atomic E-state index is 12.1. The van der Waals surface area contributed by atoms with Gasteiger partial charge in [0, 0.05) is 12.6 Å². The SMILES string of the molecule is CC(C)CC1NCN(CCCCN(C)C(C)C)C1=O. The van der Waals surface area contributed by atoms with Gasteiger partial charge in [0.25, 0.3) is 0 Å². The van der Waals surface area contributed by atoms with E-state index in [1.54, 1.807) is 0 Å². The molecule has 0 aromatic heterocycles. The average Bonchev–Trinajstić information content (AvgIpc) is 2.65. The first kappa shape index (κ1) is 16.4. The van der Waals surface area contributed by atoms with E-state index in [4.69, 9.17) is 0 Å². The molecule has 0 aromatic carbocycles. The third kappa shape index (κ3) is 5.49. The summed E-state index contributed by atoms with van der Waals surface area (Å²) in [6.45, 7) is 11.5. The Morgan fingerprint density at radius 1 is 1.32 bits per heavy atom. The molecule has 1 heterocycles. The average molecular weight is 269 g/mol. The van der Waals surface area contributed by atoms with Gasteiger partial charge in [-0.15, -0.1) is 0 Å². The molecule has 1 N–H and O–H groups in total. The van der Waals surface area contributed by atoms with Crippen LogP contribution in [0.15, 0.2) is 0 Å². The van der Waals surface area contributed by atoms with Crippen LogP contribution in [-0.4, -0.2) is 54.6 Å². The molecule has 0 aliphatic carbocycles. The third-order valence-corrected chi connectivity index (χ3v) is 3.92. The Labute approximate surface area is 118 Å². The van der Waals surface area contributed by atoms with Crippen LogP contribution in [0.3, 0.4) is 0 Å². The van der Waals surface area contributed by atoms with E-state index in [2.05, 4.69) is 45.0 Å². The highest BCUT2D eigenvalue weighted by Gasteiger charge is 2.30. The van der Waals surface area contributed by atoms with E-state index < -0.39 is 0 Å². The Bertz CT molecular complexity index is 279. The number of nitrogens with zero attached hydrogens (tertiary/aromatic N) is 2. The van der Waals surface area contributed by atoms with E-state index in [0.717, 1.165) is 39.0 Å². The summed E-state index contributed by atoms with van der Waals surface area (Å²) in [7, 11) is 2.16. The number of amides is 1. The number of carbonyl (C=O) groups excluding carboxylic acids is 1. The van der Waals surface area contributed by atoms with Crippen molar-refractivity contribution in [2.75, 3.05) is 26.8 Å². The lowest BCUT2D eigenvalue weighted by Crippen LogP contribution is -2.32. The van der Waals surface area contributed by atoms with Crippen LogP contribution in [0.1, 0.15) is 47.0 Å². The zero-order chi connectivity index (χ0) is 14.4. The molecule has 1 atom stereocenters. The molecule has 0 saturated carbocycles. The van der Waals surface area contributed by atoms with Crippen molar-refractivity contribution in [3.8, 4) is 0 Å². The second-order valence-electron chi connectivity index (χ2n) is 6.43. The quantitative estimate of drug-likeness (QED) is 0.684. The zero-order valence-corrected chi connectivity index (χ0v) is 13.3. The Morgan fingerprint density at radius 2 is 2.00 bits per heavy atom. The van der Waals surface area contributed by atoms with Crippen LogP contribution in [0.2, 0.25) is 0 Å². The summed E-state index contributed by atoms with van der Waals surface area (Å²) in [6.07, 6.45) is 3.21. The first-order valence-electron chi connectivity index (χ1n) is 7.64. The van der Waals surface area contributed by atoms with Gasteiger partial charge in [-0.05, 0) is 52.6 Å². The highest BCUT2D eigenvalue weighted by molar-refractivity contribution is 5.83. The Kier molecular flexibility index (Phi) is 6.80. The lowest BCUT2D eigenvalue weighted by Gasteiger charge is -2.21. The molecular formula is C15H31N3O. The molecule has 1 aliphatic rings. The molecule has 0 radical (unpaired) electrons. The van der Waals surface area contributed by atoms with Crippen LogP contribution in [0.5, 0.6) is 0 Å². The van der Waals surface area contributed by atoms with Crippen LogP contribution in [0.4, 0.5) is 0 Å². The third-order valence-electron chi connectivity index (χ3n) is 3.92. The van der Waals surface area contributed by atoms with Crippen molar-refractivity contribution in [3.05, 3.63) is 0 Å². The summed E-state index contributed by atoms with van der Waals surface area (Å²) < 4.78 is 0. The van der Waals surface area contributed by atoms with Gasteiger partial charge in [-0.2, -0.15) is 0 Å². The van der Waals surface area contributed by atoms with Gasteiger partial charge in [-0.25, -0.2) is 0 Å². The predicted octanol–water partition coefficient (Wildman–Crippen LogP) is 1.91. The minimum absolute atomic E-state index is 0.0540. The summed E-state index contributed by atoms with van der Waals surface area (Å²) in [6, 6.07) is 0.656. The van der Waals surface area contributed by atoms with Crippen LogP contribution in [-0.2, 0) is 4.79 Å². The Morgan fingerprint density at radius 3 is 2.58 bits per heavy atom. The van der Waals surface area contributed by atoms with E-state index in [9.17, 15) is 4.79 Å². The fraction of sp³-hybridized carbons (Fsp3) is 0.933. The van der Waals surface area contributed by atoms with E-state index in [0.29, 0.717) is 17.9 Å². The monoisotopic (exact) mass is 269 g/mol. The van der Waals surface area contributed by atoms with Gasteiger partial charge < -0.3 is 9.80 Å². The smallest absolute Gasteiger partial charge is 0.240 e. The molecule has 1 amide bonds. The van der Waals surface area contributed by atoms with Gasteiger partial charge in [0.15, 0.2) is 0 Å². The van der Waals surface area contributed by atoms with E-state index in [1.165, 1.54) is 0 Å². The van der Waals surface area contributed by atoms with Crippen molar-refractivity contribution < 1.29 is 4.79 Å². The Hall–Kier alpha value is -0.610. The van der Waals surface area contributed by atoms with Crippen LogP contribution < -0.4 is 5.32 Å².